The van der Waals surface area contributed by atoms with E-state index in [-0.39, 0.29) is 6.61 Å². The lowest BCUT2D eigenvalue weighted by atomic mass is 10.0. The van der Waals surface area contributed by atoms with Crippen molar-refractivity contribution in [1.29, 1.82) is 0 Å². The van der Waals surface area contributed by atoms with E-state index in [1.165, 1.54) is 13.2 Å². The smallest absolute Gasteiger partial charge is 0.338 e. The van der Waals surface area contributed by atoms with Gasteiger partial charge in [0.15, 0.2) is 0 Å². The van der Waals surface area contributed by atoms with E-state index in [2.05, 4.69) is 4.74 Å². The maximum absolute atomic E-state index is 11.5. The van der Waals surface area contributed by atoms with Crippen LogP contribution in [0.25, 0.3) is 0 Å². The predicted molar refractivity (Wildman–Crippen MR) is 64.2 cm³/mol. The number of carbonyl (C=O) groups is 2. The number of aliphatic carboxylic acids is 1. The summed E-state index contributed by atoms with van der Waals surface area (Å²) in [6, 6.07) is 3.16. The number of nitrogens with two attached hydrogens (primary N) is 1. The average molecular weight is 253 g/mol. The fourth-order valence-corrected chi connectivity index (χ4v) is 1.52. The van der Waals surface area contributed by atoms with Crippen molar-refractivity contribution >= 4 is 17.6 Å². The van der Waals surface area contributed by atoms with Gasteiger partial charge in [0.25, 0.3) is 0 Å². The Labute approximate surface area is 104 Å². The molecule has 0 saturated carbocycles. The second kappa shape index (κ2) is 6.02. The Kier molecular flexibility index (Phi) is 4.67. The van der Waals surface area contributed by atoms with E-state index in [1.54, 1.807) is 13.0 Å². The highest BCUT2D eigenvalue weighted by Gasteiger charge is 2.13. The van der Waals surface area contributed by atoms with Crippen LogP contribution in [0, 0.1) is 6.92 Å². The van der Waals surface area contributed by atoms with Gasteiger partial charge >= 0.3 is 11.9 Å². The molecule has 0 saturated heterocycles. The van der Waals surface area contributed by atoms with Gasteiger partial charge in [-0.15, -0.1) is 0 Å². The SMILES string of the molecule is COC(=O)c1cc(N)cc(COCC(=O)O)c1C. The zero-order valence-corrected chi connectivity index (χ0v) is 10.2. The third kappa shape index (κ3) is 3.46. The van der Waals surface area contributed by atoms with E-state index in [1.807, 2.05) is 0 Å². The summed E-state index contributed by atoms with van der Waals surface area (Å²) in [6.45, 7) is 1.40. The van der Waals surface area contributed by atoms with Crippen LogP contribution in [0.5, 0.6) is 0 Å². The number of esters is 1. The fraction of sp³-hybridized carbons (Fsp3) is 0.333. The van der Waals surface area contributed by atoms with Crippen LogP contribution < -0.4 is 5.73 Å². The number of benzene rings is 1. The minimum atomic E-state index is -1.05. The van der Waals surface area contributed by atoms with Gasteiger partial charge in [-0.05, 0) is 30.2 Å². The molecule has 0 aliphatic carbocycles. The minimum absolute atomic E-state index is 0.0766. The Morgan fingerprint density at radius 1 is 1.39 bits per heavy atom. The lowest BCUT2D eigenvalue weighted by Crippen LogP contribution is -2.10. The number of hydrogen-bond acceptors (Lipinski definition) is 5. The molecule has 18 heavy (non-hydrogen) atoms. The van der Waals surface area contributed by atoms with Gasteiger partial charge in [-0.25, -0.2) is 9.59 Å². The van der Waals surface area contributed by atoms with Gasteiger partial charge in [0.05, 0.1) is 19.3 Å². The molecule has 98 valence electrons. The molecule has 0 spiro atoms. The molecule has 0 bridgehead atoms. The molecule has 0 atom stereocenters. The van der Waals surface area contributed by atoms with Crippen molar-refractivity contribution in [2.45, 2.75) is 13.5 Å². The lowest BCUT2D eigenvalue weighted by molar-refractivity contribution is -0.142. The maximum atomic E-state index is 11.5. The number of anilines is 1. The van der Waals surface area contributed by atoms with Gasteiger partial charge in [-0.1, -0.05) is 0 Å². The number of methoxy groups -OCH3 is 1. The molecule has 0 unspecified atom stereocenters. The first-order valence-electron chi connectivity index (χ1n) is 5.22. The van der Waals surface area contributed by atoms with Crippen LogP contribution in [0.3, 0.4) is 0 Å². The summed E-state index contributed by atoms with van der Waals surface area (Å²) >= 11 is 0. The molecular weight excluding hydrogens is 238 g/mol. The number of hydrogen-bond donors (Lipinski definition) is 2. The number of nitrogen functional groups attached to an aromatic ring is 1. The molecule has 1 rings (SSSR count). The van der Waals surface area contributed by atoms with E-state index in [0.717, 1.165) is 0 Å². The van der Waals surface area contributed by atoms with Gasteiger partial charge in [0.1, 0.15) is 6.61 Å². The maximum Gasteiger partial charge on any atom is 0.338 e. The van der Waals surface area contributed by atoms with Crippen molar-refractivity contribution in [3.8, 4) is 0 Å². The second-order valence-electron chi connectivity index (χ2n) is 3.73. The number of carbonyl (C=O) groups excluding carboxylic acids is 1. The monoisotopic (exact) mass is 253 g/mol. The van der Waals surface area contributed by atoms with E-state index in [4.69, 9.17) is 15.6 Å². The quantitative estimate of drug-likeness (QED) is 0.599. The summed E-state index contributed by atoms with van der Waals surface area (Å²) in [7, 11) is 1.28. The van der Waals surface area contributed by atoms with Gasteiger partial charge in [0, 0.05) is 5.69 Å². The Hall–Kier alpha value is -2.08. The summed E-state index contributed by atoms with van der Waals surface area (Å²) < 4.78 is 9.62. The molecule has 0 fully saturated rings. The normalized spacial score (nSPS) is 10.1. The van der Waals surface area contributed by atoms with E-state index < -0.39 is 18.5 Å². The molecular formula is C12H15NO5. The van der Waals surface area contributed by atoms with Crippen molar-refractivity contribution in [1.82, 2.24) is 0 Å². The molecule has 1 aromatic carbocycles. The van der Waals surface area contributed by atoms with Crippen molar-refractivity contribution in [2.24, 2.45) is 0 Å². The molecule has 6 nitrogen and oxygen atoms in total. The highest BCUT2D eigenvalue weighted by molar-refractivity contribution is 5.92. The van der Waals surface area contributed by atoms with Gasteiger partial charge < -0.3 is 20.3 Å². The zero-order valence-electron chi connectivity index (χ0n) is 10.2. The Balaban J connectivity index is 2.94. The summed E-state index contributed by atoms with van der Waals surface area (Å²) in [6.07, 6.45) is 0. The van der Waals surface area contributed by atoms with Gasteiger partial charge in [0.2, 0.25) is 0 Å². The van der Waals surface area contributed by atoms with Crippen LogP contribution in [-0.4, -0.2) is 30.8 Å². The van der Waals surface area contributed by atoms with Crippen LogP contribution in [-0.2, 0) is 20.9 Å². The second-order valence-corrected chi connectivity index (χ2v) is 3.73. The third-order valence-corrected chi connectivity index (χ3v) is 2.43. The largest absolute Gasteiger partial charge is 0.480 e. The summed E-state index contributed by atoms with van der Waals surface area (Å²) in [5.74, 6) is -1.54. The van der Waals surface area contributed by atoms with Crippen LogP contribution in [0.2, 0.25) is 0 Å². The van der Waals surface area contributed by atoms with Crippen molar-refractivity contribution < 1.29 is 24.2 Å². The van der Waals surface area contributed by atoms with E-state index >= 15 is 0 Å². The van der Waals surface area contributed by atoms with Gasteiger partial charge in [-0.2, -0.15) is 0 Å². The lowest BCUT2D eigenvalue weighted by Gasteiger charge is -2.11. The van der Waals surface area contributed by atoms with Crippen LogP contribution in [0.4, 0.5) is 5.69 Å². The highest BCUT2D eigenvalue weighted by Crippen LogP contribution is 2.20. The molecule has 0 amide bonds. The predicted octanol–water partition coefficient (Wildman–Crippen LogP) is 0.965. The first-order valence-corrected chi connectivity index (χ1v) is 5.22. The first kappa shape index (κ1) is 14.0. The molecule has 6 heteroatoms. The minimum Gasteiger partial charge on any atom is -0.480 e. The molecule has 0 aliphatic rings. The summed E-state index contributed by atoms with van der Waals surface area (Å²) in [4.78, 5) is 21.8. The van der Waals surface area contributed by atoms with Crippen LogP contribution in [0.1, 0.15) is 21.5 Å². The molecule has 0 aromatic heterocycles. The standard InChI is InChI=1S/C12H15NO5/c1-7-8(5-18-6-11(14)15)3-9(13)4-10(7)12(16)17-2/h3-4H,5-6,13H2,1-2H3,(H,14,15). The Morgan fingerprint density at radius 2 is 2.06 bits per heavy atom. The van der Waals surface area contributed by atoms with Gasteiger partial charge in [-0.3, -0.25) is 0 Å². The topological polar surface area (TPSA) is 98.9 Å². The summed E-state index contributed by atoms with van der Waals surface area (Å²) in [5, 5.41) is 8.47. The number of ether oxygens (including phenoxy) is 2. The van der Waals surface area contributed by atoms with E-state index in [0.29, 0.717) is 22.4 Å². The Bertz CT molecular complexity index is 470. The zero-order chi connectivity index (χ0) is 13.7. The van der Waals surface area contributed by atoms with Crippen LogP contribution in [0.15, 0.2) is 12.1 Å². The molecule has 0 radical (unpaired) electrons. The Morgan fingerprint density at radius 3 is 2.61 bits per heavy atom. The number of carboxylic acids is 1. The third-order valence-electron chi connectivity index (χ3n) is 2.43. The van der Waals surface area contributed by atoms with Crippen molar-refractivity contribution in [3.63, 3.8) is 0 Å². The highest BCUT2D eigenvalue weighted by atomic mass is 16.5. The number of rotatable bonds is 5. The fourth-order valence-electron chi connectivity index (χ4n) is 1.52. The van der Waals surface area contributed by atoms with Crippen molar-refractivity contribution in [2.75, 3.05) is 19.5 Å². The van der Waals surface area contributed by atoms with E-state index in [9.17, 15) is 9.59 Å². The molecule has 0 heterocycles. The molecule has 3 N–H and O–H groups in total. The summed E-state index contributed by atoms with van der Waals surface area (Å²) in [5.41, 5.74) is 7.76. The number of carboxylic acid groups (broad SMARTS) is 1. The average Bonchev–Trinajstić information content (AvgIpc) is 2.31. The first-order chi connectivity index (χ1) is 8.45. The van der Waals surface area contributed by atoms with Crippen LogP contribution >= 0.6 is 0 Å². The van der Waals surface area contributed by atoms with Crippen molar-refractivity contribution in [3.05, 3.63) is 28.8 Å². The molecule has 1 aromatic rings. The molecule has 0 aliphatic heterocycles.